The fraction of sp³-hybridized carbons (Fsp3) is 0.550. The average Bonchev–Trinajstić information content (AvgIpc) is 3.01. The molecule has 4 rings (SSSR count). The van der Waals surface area contributed by atoms with Crippen molar-refractivity contribution in [3.8, 4) is 0 Å². The van der Waals surface area contributed by atoms with Gasteiger partial charge in [0.2, 0.25) is 0 Å². The van der Waals surface area contributed by atoms with Crippen molar-refractivity contribution in [3.05, 3.63) is 35.6 Å². The maximum atomic E-state index is 12.8. The molecule has 4 heteroatoms. The summed E-state index contributed by atoms with van der Waals surface area (Å²) in [5.74, 6) is 2.63. The molecule has 1 aromatic carbocycles. The Bertz CT molecular complexity index is 722. The Morgan fingerprint density at radius 1 is 1.17 bits per heavy atom. The van der Waals surface area contributed by atoms with E-state index >= 15 is 0 Å². The van der Waals surface area contributed by atoms with Crippen molar-refractivity contribution in [1.29, 1.82) is 0 Å². The first-order valence-corrected chi connectivity index (χ1v) is 9.21. The van der Waals surface area contributed by atoms with Crippen LogP contribution in [0, 0.1) is 18.8 Å². The first-order chi connectivity index (χ1) is 11.7. The first-order valence-electron chi connectivity index (χ1n) is 9.21. The van der Waals surface area contributed by atoms with Gasteiger partial charge >= 0.3 is 0 Å². The Labute approximate surface area is 143 Å². The van der Waals surface area contributed by atoms with Gasteiger partial charge in [-0.2, -0.15) is 0 Å². The van der Waals surface area contributed by atoms with Crippen LogP contribution in [0.25, 0.3) is 11.0 Å². The molecule has 0 aliphatic carbocycles. The molecule has 0 bridgehead atoms. The molecular formula is C20H26N2O2. The zero-order chi connectivity index (χ0) is 16.5. The molecule has 1 N–H and O–H groups in total. The number of hydrogen-bond donors (Lipinski definition) is 1. The molecule has 4 nitrogen and oxygen atoms in total. The average molecular weight is 326 g/mol. The normalized spacial score (nSPS) is 22.9. The number of hydrogen-bond acceptors (Lipinski definition) is 3. The number of piperidine rings is 2. The lowest BCUT2D eigenvalue weighted by molar-refractivity contribution is 0.0645. The Morgan fingerprint density at radius 3 is 2.75 bits per heavy atom. The third-order valence-corrected chi connectivity index (χ3v) is 5.71. The number of nitrogens with zero attached hydrogens (tertiary/aromatic N) is 1. The molecule has 2 aliphatic heterocycles. The molecule has 2 aliphatic rings. The van der Waals surface area contributed by atoms with E-state index in [4.69, 9.17) is 4.42 Å². The van der Waals surface area contributed by atoms with Crippen LogP contribution < -0.4 is 5.32 Å². The van der Waals surface area contributed by atoms with Crippen LogP contribution in [0.2, 0.25) is 0 Å². The number of nitrogens with one attached hydrogen (secondary N) is 1. The molecular weight excluding hydrogens is 300 g/mol. The highest BCUT2D eigenvalue weighted by molar-refractivity contribution is 5.97. The zero-order valence-corrected chi connectivity index (χ0v) is 14.4. The minimum Gasteiger partial charge on any atom is -0.461 e. The highest BCUT2D eigenvalue weighted by atomic mass is 16.3. The lowest BCUT2D eigenvalue weighted by Gasteiger charge is -2.37. The summed E-state index contributed by atoms with van der Waals surface area (Å²) < 4.78 is 5.60. The number of aryl methyl sites for hydroxylation is 1. The topological polar surface area (TPSA) is 45.5 Å². The molecule has 2 saturated heterocycles. The van der Waals surface area contributed by atoms with E-state index in [1.807, 2.05) is 36.1 Å². The van der Waals surface area contributed by atoms with Crippen LogP contribution in [0.3, 0.4) is 0 Å². The minimum absolute atomic E-state index is 0.163. The van der Waals surface area contributed by atoms with Crippen LogP contribution in [0.4, 0.5) is 0 Å². The van der Waals surface area contributed by atoms with E-state index < -0.39 is 0 Å². The molecule has 0 saturated carbocycles. The minimum atomic E-state index is 0.163. The van der Waals surface area contributed by atoms with Gasteiger partial charge in [0.1, 0.15) is 11.3 Å². The molecule has 128 valence electrons. The molecule has 1 amide bonds. The molecule has 1 atom stereocenters. The number of fused-ring (bicyclic) bond motifs is 1. The molecule has 2 aromatic rings. The van der Waals surface area contributed by atoms with E-state index in [0.717, 1.165) is 66.6 Å². The van der Waals surface area contributed by atoms with Crippen molar-refractivity contribution in [2.45, 2.75) is 32.6 Å². The number of furan rings is 1. The Balaban J connectivity index is 1.41. The van der Waals surface area contributed by atoms with Crippen molar-refractivity contribution in [3.63, 3.8) is 0 Å². The third-order valence-electron chi connectivity index (χ3n) is 5.71. The van der Waals surface area contributed by atoms with E-state index in [1.54, 1.807) is 0 Å². The van der Waals surface area contributed by atoms with E-state index in [0.29, 0.717) is 0 Å². The van der Waals surface area contributed by atoms with Crippen molar-refractivity contribution >= 4 is 16.9 Å². The van der Waals surface area contributed by atoms with Crippen LogP contribution in [0.1, 0.15) is 41.8 Å². The SMILES string of the molecule is Cc1cc2cc(C(=O)N3CCC(C4CCCNC4)CC3)ccc2o1. The molecule has 1 unspecified atom stereocenters. The largest absolute Gasteiger partial charge is 0.461 e. The van der Waals surface area contributed by atoms with E-state index in [2.05, 4.69) is 5.32 Å². The molecule has 0 radical (unpaired) electrons. The molecule has 1 aromatic heterocycles. The van der Waals surface area contributed by atoms with Gasteiger partial charge in [0.15, 0.2) is 0 Å². The highest BCUT2D eigenvalue weighted by Gasteiger charge is 2.29. The Kier molecular flexibility index (Phi) is 4.31. The second-order valence-electron chi connectivity index (χ2n) is 7.35. The van der Waals surface area contributed by atoms with Crippen molar-refractivity contribution in [1.82, 2.24) is 10.2 Å². The number of amides is 1. The summed E-state index contributed by atoms with van der Waals surface area (Å²) in [6.07, 6.45) is 4.94. The summed E-state index contributed by atoms with van der Waals surface area (Å²) in [7, 11) is 0. The fourth-order valence-corrected chi connectivity index (χ4v) is 4.35. The third kappa shape index (κ3) is 3.07. The number of carbonyl (C=O) groups excluding carboxylic acids is 1. The number of likely N-dealkylation sites (tertiary alicyclic amines) is 1. The summed E-state index contributed by atoms with van der Waals surface area (Å²) in [6, 6.07) is 7.76. The van der Waals surface area contributed by atoms with Gasteiger partial charge in [-0.1, -0.05) is 0 Å². The van der Waals surface area contributed by atoms with E-state index in [1.165, 1.54) is 19.4 Å². The monoisotopic (exact) mass is 326 g/mol. The summed E-state index contributed by atoms with van der Waals surface area (Å²) in [6.45, 7) is 6.05. The summed E-state index contributed by atoms with van der Waals surface area (Å²) in [5, 5.41) is 4.54. The van der Waals surface area contributed by atoms with Crippen molar-refractivity contribution in [2.75, 3.05) is 26.2 Å². The molecule has 0 spiro atoms. The van der Waals surface area contributed by atoms with Crippen LogP contribution in [-0.2, 0) is 0 Å². The molecule has 2 fully saturated rings. The predicted octanol–water partition coefficient (Wildman–Crippen LogP) is 3.59. The lowest BCUT2D eigenvalue weighted by atomic mass is 9.80. The maximum absolute atomic E-state index is 12.8. The van der Waals surface area contributed by atoms with Crippen LogP contribution in [0.15, 0.2) is 28.7 Å². The standard InChI is InChI=1S/C20H26N2O2/c1-14-11-18-12-16(4-5-19(18)24-14)20(23)22-9-6-15(7-10-22)17-3-2-8-21-13-17/h4-5,11-12,15,17,21H,2-3,6-10,13H2,1H3. The number of carbonyl (C=O) groups is 1. The van der Waals surface area contributed by atoms with Gasteiger partial charge in [-0.25, -0.2) is 0 Å². The van der Waals surface area contributed by atoms with Gasteiger partial charge in [0.05, 0.1) is 0 Å². The Morgan fingerprint density at radius 2 is 2.00 bits per heavy atom. The van der Waals surface area contributed by atoms with Gasteiger partial charge in [-0.15, -0.1) is 0 Å². The summed E-state index contributed by atoms with van der Waals surface area (Å²) in [5.41, 5.74) is 1.63. The van der Waals surface area contributed by atoms with E-state index in [9.17, 15) is 4.79 Å². The highest BCUT2D eigenvalue weighted by Crippen LogP contribution is 2.30. The Hall–Kier alpha value is -1.81. The number of rotatable bonds is 2. The van der Waals surface area contributed by atoms with Gasteiger partial charge in [-0.05, 0) is 81.8 Å². The second-order valence-corrected chi connectivity index (χ2v) is 7.35. The summed E-state index contributed by atoms with van der Waals surface area (Å²) >= 11 is 0. The van der Waals surface area contributed by atoms with Crippen LogP contribution in [0.5, 0.6) is 0 Å². The van der Waals surface area contributed by atoms with Gasteiger partial charge < -0.3 is 14.6 Å². The zero-order valence-electron chi connectivity index (χ0n) is 14.4. The predicted molar refractivity (Wildman–Crippen MR) is 95.2 cm³/mol. The second kappa shape index (κ2) is 6.60. The summed E-state index contributed by atoms with van der Waals surface area (Å²) in [4.78, 5) is 14.8. The number of benzene rings is 1. The van der Waals surface area contributed by atoms with Crippen molar-refractivity contribution < 1.29 is 9.21 Å². The quantitative estimate of drug-likeness (QED) is 0.917. The van der Waals surface area contributed by atoms with Gasteiger partial charge in [0.25, 0.3) is 5.91 Å². The maximum Gasteiger partial charge on any atom is 0.253 e. The van der Waals surface area contributed by atoms with Crippen LogP contribution >= 0.6 is 0 Å². The fourth-order valence-electron chi connectivity index (χ4n) is 4.35. The smallest absolute Gasteiger partial charge is 0.253 e. The molecule has 3 heterocycles. The van der Waals surface area contributed by atoms with E-state index in [-0.39, 0.29) is 5.91 Å². The van der Waals surface area contributed by atoms with Gasteiger partial charge in [-0.3, -0.25) is 4.79 Å². The van der Waals surface area contributed by atoms with Gasteiger partial charge in [0, 0.05) is 24.0 Å². The lowest BCUT2D eigenvalue weighted by Crippen LogP contribution is -2.43. The van der Waals surface area contributed by atoms with Crippen molar-refractivity contribution in [2.24, 2.45) is 11.8 Å². The molecule has 24 heavy (non-hydrogen) atoms. The first kappa shape index (κ1) is 15.7. The van der Waals surface area contributed by atoms with Crippen LogP contribution in [-0.4, -0.2) is 37.0 Å².